The van der Waals surface area contributed by atoms with Crippen molar-refractivity contribution in [3.63, 3.8) is 0 Å². The minimum atomic E-state index is 0.0411. The Morgan fingerprint density at radius 3 is 2.83 bits per heavy atom. The normalized spacial score (nSPS) is 18.9. The first-order valence-corrected chi connectivity index (χ1v) is 7.03. The first-order valence-electron chi connectivity index (χ1n) is 7.03. The molecule has 0 N–H and O–H groups in total. The Labute approximate surface area is 107 Å². The summed E-state index contributed by atoms with van der Waals surface area (Å²) in [5, 5.41) is 3.94. The van der Waals surface area contributed by atoms with Gasteiger partial charge in [-0.2, -0.15) is 0 Å². The van der Waals surface area contributed by atoms with Crippen molar-refractivity contribution in [2.45, 2.75) is 44.9 Å². The van der Waals surface area contributed by atoms with Gasteiger partial charge in [-0.15, -0.1) is 0 Å². The van der Waals surface area contributed by atoms with E-state index in [1.807, 2.05) is 11.0 Å². The summed E-state index contributed by atoms with van der Waals surface area (Å²) in [7, 11) is 0. The Hall–Kier alpha value is -1.32. The molecule has 0 atom stereocenters. The number of aromatic nitrogens is 1. The summed E-state index contributed by atoms with van der Waals surface area (Å²) in [6.45, 7) is 3.81. The van der Waals surface area contributed by atoms with Crippen LogP contribution in [0.15, 0.2) is 10.6 Å². The van der Waals surface area contributed by atoms with Gasteiger partial charge in [0.2, 0.25) is 0 Å². The quantitative estimate of drug-likeness (QED) is 0.777. The predicted octanol–water partition coefficient (Wildman–Crippen LogP) is 2.81. The predicted molar refractivity (Wildman–Crippen MR) is 67.4 cm³/mol. The van der Waals surface area contributed by atoms with Crippen LogP contribution in [0.5, 0.6) is 0 Å². The molecule has 0 spiro atoms. The molecule has 2 aliphatic carbocycles. The molecule has 0 saturated heterocycles. The SMILES string of the molecule is CCCN(CC1CC1)C(=O)c1cc(C2CC2)on1. The molecule has 0 aromatic carbocycles. The molecular formula is C14H20N2O2. The van der Waals surface area contributed by atoms with Crippen LogP contribution in [0.2, 0.25) is 0 Å². The van der Waals surface area contributed by atoms with Gasteiger partial charge in [-0.3, -0.25) is 4.79 Å². The highest BCUT2D eigenvalue weighted by Gasteiger charge is 2.31. The van der Waals surface area contributed by atoms with E-state index in [1.54, 1.807) is 0 Å². The molecule has 1 aromatic heterocycles. The summed E-state index contributed by atoms with van der Waals surface area (Å²) >= 11 is 0. The Morgan fingerprint density at radius 1 is 1.44 bits per heavy atom. The molecule has 0 bridgehead atoms. The van der Waals surface area contributed by atoms with Crippen LogP contribution in [-0.2, 0) is 0 Å². The number of hydrogen-bond donors (Lipinski definition) is 0. The number of rotatable bonds is 6. The fraction of sp³-hybridized carbons (Fsp3) is 0.714. The van der Waals surface area contributed by atoms with Crippen LogP contribution in [0.4, 0.5) is 0 Å². The number of amides is 1. The van der Waals surface area contributed by atoms with E-state index >= 15 is 0 Å². The maximum absolute atomic E-state index is 12.4. The second-order valence-electron chi connectivity index (χ2n) is 5.58. The fourth-order valence-electron chi connectivity index (χ4n) is 2.27. The zero-order chi connectivity index (χ0) is 12.5. The average Bonchev–Trinajstić information content (AvgIpc) is 3.29. The van der Waals surface area contributed by atoms with Gasteiger partial charge >= 0.3 is 0 Å². The molecule has 0 unspecified atom stereocenters. The van der Waals surface area contributed by atoms with Gasteiger partial charge in [-0.1, -0.05) is 12.1 Å². The van der Waals surface area contributed by atoms with Crippen LogP contribution in [-0.4, -0.2) is 29.1 Å². The standard InChI is InChI=1S/C14H20N2O2/c1-2-7-16(9-10-3-4-10)14(17)12-8-13(18-15-12)11-5-6-11/h8,10-11H,2-7,9H2,1H3. The maximum atomic E-state index is 12.4. The first-order chi connectivity index (χ1) is 8.78. The van der Waals surface area contributed by atoms with Crippen LogP contribution in [0.3, 0.4) is 0 Å². The van der Waals surface area contributed by atoms with Crippen LogP contribution >= 0.6 is 0 Å². The van der Waals surface area contributed by atoms with Gasteiger partial charge in [-0.05, 0) is 38.0 Å². The summed E-state index contributed by atoms with van der Waals surface area (Å²) in [4.78, 5) is 14.3. The molecule has 2 aliphatic rings. The molecule has 1 heterocycles. The molecule has 18 heavy (non-hydrogen) atoms. The zero-order valence-corrected chi connectivity index (χ0v) is 10.9. The molecule has 2 saturated carbocycles. The van der Waals surface area contributed by atoms with Crippen molar-refractivity contribution in [2.24, 2.45) is 5.92 Å². The molecule has 0 aliphatic heterocycles. The van der Waals surface area contributed by atoms with E-state index in [0.717, 1.165) is 31.2 Å². The van der Waals surface area contributed by atoms with Gasteiger partial charge in [0.25, 0.3) is 5.91 Å². The summed E-state index contributed by atoms with van der Waals surface area (Å²) in [6.07, 6.45) is 5.86. The fourth-order valence-corrected chi connectivity index (χ4v) is 2.27. The van der Waals surface area contributed by atoms with Crippen molar-refractivity contribution < 1.29 is 9.32 Å². The van der Waals surface area contributed by atoms with Crippen molar-refractivity contribution in [2.75, 3.05) is 13.1 Å². The smallest absolute Gasteiger partial charge is 0.276 e. The highest BCUT2D eigenvalue weighted by Crippen LogP contribution is 2.40. The lowest BCUT2D eigenvalue weighted by atomic mass is 10.2. The molecule has 4 nitrogen and oxygen atoms in total. The summed E-state index contributed by atoms with van der Waals surface area (Å²) in [6, 6.07) is 1.84. The molecule has 3 rings (SSSR count). The lowest BCUT2D eigenvalue weighted by Crippen LogP contribution is -2.33. The van der Waals surface area contributed by atoms with Crippen LogP contribution < -0.4 is 0 Å². The second kappa shape index (κ2) is 4.75. The summed E-state index contributed by atoms with van der Waals surface area (Å²) in [5.41, 5.74) is 0.492. The van der Waals surface area contributed by atoms with Crippen molar-refractivity contribution >= 4 is 5.91 Å². The van der Waals surface area contributed by atoms with Gasteiger partial charge in [0.1, 0.15) is 5.76 Å². The van der Waals surface area contributed by atoms with Gasteiger partial charge in [-0.25, -0.2) is 0 Å². The molecule has 0 radical (unpaired) electrons. The molecule has 1 aromatic rings. The van der Waals surface area contributed by atoms with E-state index in [4.69, 9.17) is 4.52 Å². The van der Waals surface area contributed by atoms with Gasteiger partial charge in [0.05, 0.1) is 0 Å². The molecular weight excluding hydrogens is 228 g/mol. The summed E-state index contributed by atoms with van der Waals surface area (Å²) < 4.78 is 5.26. The average molecular weight is 248 g/mol. The van der Waals surface area contributed by atoms with E-state index < -0.39 is 0 Å². The molecule has 4 heteroatoms. The number of carbonyl (C=O) groups excluding carboxylic acids is 1. The van der Waals surface area contributed by atoms with E-state index in [1.165, 1.54) is 25.7 Å². The monoisotopic (exact) mass is 248 g/mol. The van der Waals surface area contributed by atoms with Crippen LogP contribution in [0.25, 0.3) is 0 Å². The van der Waals surface area contributed by atoms with Crippen LogP contribution in [0, 0.1) is 5.92 Å². The third kappa shape index (κ3) is 2.57. The molecule has 2 fully saturated rings. The topological polar surface area (TPSA) is 46.3 Å². The summed E-state index contributed by atoms with van der Waals surface area (Å²) in [5.74, 6) is 2.16. The molecule has 1 amide bonds. The van der Waals surface area contributed by atoms with E-state index in [2.05, 4.69) is 12.1 Å². The molecule has 98 valence electrons. The lowest BCUT2D eigenvalue weighted by Gasteiger charge is -2.20. The maximum Gasteiger partial charge on any atom is 0.276 e. The third-order valence-electron chi connectivity index (χ3n) is 3.68. The second-order valence-corrected chi connectivity index (χ2v) is 5.58. The van der Waals surface area contributed by atoms with E-state index in [9.17, 15) is 4.79 Å². The third-order valence-corrected chi connectivity index (χ3v) is 3.68. The minimum absolute atomic E-state index is 0.0411. The first kappa shape index (κ1) is 11.8. The Kier molecular flexibility index (Phi) is 3.10. The zero-order valence-electron chi connectivity index (χ0n) is 10.9. The largest absolute Gasteiger partial charge is 0.360 e. The Bertz CT molecular complexity index is 433. The van der Waals surface area contributed by atoms with Crippen molar-refractivity contribution in [1.82, 2.24) is 10.1 Å². The van der Waals surface area contributed by atoms with Gasteiger partial charge in [0, 0.05) is 25.1 Å². The van der Waals surface area contributed by atoms with E-state index in [-0.39, 0.29) is 5.91 Å². The highest BCUT2D eigenvalue weighted by molar-refractivity contribution is 5.92. The van der Waals surface area contributed by atoms with Crippen LogP contribution in [0.1, 0.15) is 61.2 Å². The van der Waals surface area contributed by atoms with Gasteiger partial charge in [0.15, 0.2) is 5.69 Å². The van der Waals surface area contributed by atoms with E-state index in [0.29, 0.717) is 11.6 Å². The highest BCUT2D eigenvalue weighted by atomic mass is 16.5. The minimum Gasteiger partial charge on any atom is -0.360 e. The number of carbonyl (C=O) groups is 1. The van der Waals surface area contributed by atoms with Crippen molar-refractivity contribution in [1.29, 1.82) is 0 Å². The van der Waals surface area contributed by atoms with Gasteiger partial charge < -0.3 is 9.42 Å². The number of nitrogens with zero attached hydrogens (tertiary/aromatic N) is 2. The Morgan fingerprint density at radius 2 is 2.22 bits per heavy atom. The Balaban J connectivity index is 1.68. The van der Waals surface area contributed by atoms with Crippen molar-refractivity contribution in [3.8, 4) is 0 Å². The van der Waals surface area contributed by atoms with Crippen molar-refractivity contribution in [3.05, 3.63) is 17.5 Å². The number of hydrogen-bond acceptors (Lipinski definition) is 3. The lowest BCUT2D eigenvalue weighted by molar-refractivity contribution is 0.0737.